The van der Waals surface area contributed by atoms with Crippen LogP contribution < -0.4 is 4.80 Å². The van der Waals surface area contributed by atoms with Crippen LogP contribution in [-0.4, -0.2) is 22.5 Å². The van der Waals surface area contributed by atoms with E-state index in [1.807, 2.05) is 91.0 Å². The van der Waals surface area contributed by atoms with Crippen LogP contribution in [0.1, 0.15) is 29.3 Å². The molecule has 1 heterocycles. The third kappa shape index (κ3) is 4.22. The van der Waals surface area contributed by atoms with Gasteiger partial charge in [0, 0.05) is 5.38 Å². The summed E-state index contributed by atoms with van der Waals surface area (Å²) in [7, 11) is 0. The average molecular weight is 445 g/mol. The summed E-state index contributed by atoms with van der Waals surface area (Å²) in [5.41, 5.74) is 2.46. The number of carbonyl (C=O) groups excluding carboxylic acids is 1. The van der Waals surface area contributed by atoms with Gasteiger partial charge in [0.1, 0.15) is 5.54 Å². The van der Waals surface area contributed by atoms with Crippen LogP contribution in [0.3, 0.4) is 0 Å². The van der Waals surface area contributed by atoms with E-state index in [2.05, 4.69) is 0 Å². The molecule has 4 aromatic rings. The molecule has 32 heavy (non-hydrogen) atoms. The lowest BCUT2D eigenvalue weighted by Crippen LogP contribution is -2.31. The number of aromatic nitrogens is 1. The van der Waals surface area contributed by atoms with Crippen molar-refractivity contribution in [3.05, 3.63) is 124 Å². The summed E-state index contributed by atoms with van der Waals surface area (Å²) in [6.07, 6.45) is -0.0224. The first-order valence-electron chi connectivity index (χ1n) is 10.4. The van der Waals surface area contributed by atoms with E-state index in [0.29, 0.717) is 17.1 Å². The largest absolute Gasteiger partial charge is 0.466 e. The number of nitrogens with zero attached hydrogens (tertiary/aromatic N) is 2. The molecular weight excluding hydrogens is 420 g/mol. The van der Waals surface area contributed by atoms with Crippen LogP contribution in [0.4, 0.5) is 0 Å². The molecule has 1 aromatic heterocycles. The van der Waals surface area contributed by atoms with Crippen LogP contribution in [0.15, 0.2) is 101 Å². The van der Waals surface area contributed by atoms with Gasteiger partial charge in [-0.1, -0.05) is 91.0 Å². The van der Waals surface area contributed by atoms with Gasteiger partial charge in [-0.15, -0.1) is 11.3 Å². The predicted octanol–water partition coefficient (Wildman–Crippen LogP) is 4.79. The molecule has 0 spiro atoms. The second kappa shape index (κ2) is 9.66. The van der Waals surface area contributed by atoms with E-state index in [9.17, 15) is 10.0 Å². The van der Waals surface area contributed by atoms with Gasteiger partial charge in [0.2, 0.25) is 4.80 Å². The zero-order chi connectivity index (χ0) is 22.4. The molecule has 0 aliphatic carbocycles. The molecule has 0 amide bonds. The minimum Gasteiger partial charge on any atom is -0.466 e. The minimum absolute atomic E-state index is 0.0224. The Morgan fingerprint density at radius 1 is 0.906 bits per heavy atom. The first-order valence-corrected chi connectivity index (χ1v) is 11.3. The van der Waals surface area contributed by atoms with Crippen LogP contribution in [0.2, 0.25) is 0 Å². The number of hydrogen-bond donors (Lipinski definition) is 1. The highest BCUT2D eigenvalue weighted by Crippen LogP contribution is 2.40. The van der Waals surface area contributed by atoms with Crippen molar-refractivity contribution in [2.24, 2.45) is 4.99 Å². The Balaban J connectivity index is 1.98. The molecule has 162 valence electrons. The molecule has 5 nitrogen and oxygen atoms in total. The van der Waals surface area contributed by atoms with E-state index in [0.717, 1.165) is 21.4 Å². The van der Waals surface area contributed by atoms with Gasteiger partial charge in [-0.25, -0.2) is 4.99 Å². The van der Waals surface area contributed by atoms with Crippen LogP contribution in [0, 0.1) is 0 Å². The summed E-state index contributed by atoms with van der Waals surface area (Å²) in [5.74, 6) is -0.389. The van der Waals surface area contributed by atoms with Crippen LogP contribution in [-0.2, 0) is 21.5 Å². The van der Waals surface area contributed by atoms with E-state index in [1.165, 1.54) is 11.3 Å². The minimum atomic E-state index is -0.889. The molecule has 0 atom stereocenters. The summed E-state index contributed by atoms with van der Waals surface area (Å²) in [6, 6.07) is 30.1. The van der Waals surface area contributed by atoms with Gasteiger partial charge >= 0.3 is 5.97 Å². The van der Waals surface area contributed by atoms with Crippen molar-refractivity contribution in [1.82, 2.24) is 4.73 Å². The zero-order valence-corrected chi connectivity index (χ0v) is 18.5. The van der Waals surface area contributed by atoms with Crippen molar-refractivity contribution in [1.29, 1.82) is 0 Å². The molecule has 0 aliphatic heterocycles. The highest BCUT2D eigenvalue weighted by atomic mass is 32.1. The van der Waals surface area contributed by atoms with E-state index in [-0.39, 0.29) is 12.4 Å². The molecule has 0 fully saturated rings. The Morgan fingerprint density at radius 3 is 1.81 bits per heavy atom. The zero-order valence-electron chi connectivity index (χ0n) is 17.7. The van der Waals surface area contributed by atoms with Crippen molar-refractivity contribution in [3.63, 3.8) is 0 Å². The third-order valence-corrected chi connectivity index (χ3v) is 6.09. The van der Waals surface area contributed by atoms with E-state index in [1.54, 1.807) is 12.3 Å². The summed E-state index contributed by atoms with van der Waals surface area (Å²) < 4.78 is 6.02. The number of ether oxygens (including phenoxy) is 1. The summed E-state index contributed by atoms with van der Waals surface area (Å²) in [4.78, 5) is 17.5. The molecule has 1 N–H and O–H groups in total. The monoisotopic (exact) mass is 444 g/mol. The molecule has 0 aliphatic rings. The maximum Gasteiger partial charge on any atom is 0.311 e. The van der Waals surface area contributed by atoms with Gasteiger partial charge in [0.15, 0.2) is 0 Å². The van der Waals surface area contributed by atoms with E-state index >= 15 is 0 Å². The highest BCUT2D eigenvalue weighted by Gasteiger charge is 2.36. The normalized spacial score (nSPS) is 12.0. The molecule has 0 radical (unpaired) electrons. The summed E-state index contributed by atoms with van der Waals surface area (Å²) in [6.45, 7) is 2.05. The molecule has 4 rings (SSSR count). The fraction of sp³-hybridized carbons (Fsp3) is 0.154. The van der Waals surface area contributed by atoms with Crippen LogP contribution >= 0.6 is 11.3 Å². The first-order chi connectivity index (χ1) is 15.6. The van der Waals surface area contributed by atoms with Crippen molar-refractivity contribution in [2.75, 3.05) is 6.61 Å². The Hall–Kier alpha value is -3.64. The van der Waals surface area contributed by atoms with E-state index in [4.69, 9.17) is 9.73 Å². The Morgan fingerprint density at radius 2 is 1.38 bits per heavy atom. The number of esters is 1. The Bertz CT molecular complexity index is 1140. The lowest BCUT2D eigenvalue weighted by molar-refractivity contribution is -0.142. The maximum absolute atomic E-state index is 12.0. The third-order valence-electron chi connectivity index (χ3n) is 5.22. The number of rotatable bonds is 7. The second-order valence-electron chi connectivity index (χ2n) is 7.22. The maximum atomic E-state index is 12.0. The Labute approximate surface area is 190 Å². The van der Waals surface area contributed by atoms with Crippen molar-refractivity contribution in [3.8, 4) is 0 Å². The number of carbonyl (C=O) groups is 1. The van der Waals surface area contributed by atoms with Crippen molar-refractivity contribution in [2.45, 2.75) is 18.9 Å². The quantitative estimate of drug-likeness (QED) is 0.253. The van der Waals surface area contributed by atoms with Gasteiger partial charge in [-0.05, 0) is 23.6 Å². The Kier molecular flexibility index (Phi) is 6.52. The molecule has 0 saturated heterocycles. The lowest BCUT2D eigenvalue weighted by atomic mass is 9.77. The number of thiazole rings is 1. The fourth-order valence-corrected chi connectivity index (χ4v) is 4.60. The first kappa shape index (κ1) is 21.6. The second-order valence-corrected chi connectivity index (χ2v) is 8.06. The number of hydrogen-bond acceptors (Lipinski definition) is 5. The molecule has 6 heteroatoms. The SMILES string of the molecule is CCOC(=O)Cc1csc(=NC(c2ccccc2)(c2ccccc2)c2ccccc2)n1O. The number of benzene rings is 3. The highest BCUT2D eigenvalue weighted by molar-refractivity contribution is 7.07. The lowest BCUT2D eigenvalue weighted by Gasteiger charge is -2.31. The molecular formula is C26H24N2O3S. The van der Waals surface area contributed by atoms with Gasteiger partial charge in [0.25, 0.3) is 0 Å². The topological polar surface area (TPSA) is 63.8 Å². The molecule has 3 aromatic carbocycles. The predicted molar refractivity (Wildman–Crippen MR) is 125 cm³/mol. The van der Waals surface area contributed by atoms with Crippen LogP contribution in [0.5, 0.6) is 0 Å². The standard InChI is InChI=1S/C26H24N2O3S/c1-2-31-24(29)18-23-19-32-25(28(23)30)27-26(20-12-6-3-7-13-20,21-14-8-4-9-15-21)22-16-10-5-11-17-22/h3-17,19,30H,2,18H2,1H3. The van der Waals surface area contributed by atoms with Gasteiger partial charge < -0.3 is 9.94 Å². The van der Waals surface area contributed by atoms with Crippen molar-refractivity contribution >= 4 is 17.3 Å². The molecule has 0 unspecified atom stereocenters. The van der Waals surface area contributed by atoms with Gasteiger partial charge in [-0.3, -0.25) is 4.79 Å². The van der Waals surface area contributed by atoms with Gasteiger partial charge in [0.05, 0.1) is 18.7 Å². The summed E-state index contributed by atoms with van der Waals surface area (Å²) >= 11 is 1.29. The smallest absolute Gasteiger partial charge is 0.311 e. The van der Waals surface area contributed by atoms with Crippen LogP contribution in [0.25, 0.3) is 0 Å². The fourth-order valence-electron chi connectivity index (χ4n) is 3.77. The molecule has 0 saturated carbocycles. The average Bonchev–Trinajstić information content (AvgIpc) is 3.18. The summed E-state index contributed by atoms with van der Waals surface area (Å²) in [5, 5.41) is 12.6. The van der Waals surface area contributed by atoms with Gasteiger partial charge in [-0.2, -0.15) is 4.73 Å². The van der Waals surface area contributed by atoms with E-state index < -0.39 is 5.54 Å². The molecule has 0 bridgehead atoms. The van der Waals surface area contributed by atoms with Crippen molar-refractivity contribution < 1.29 is 14.7 Å².